The quantitative estimate of drug-likeness (QED) is 0.384. The first-order valence-electron chi connectivity index (χ1n) is 7.69. The van der Waals surface area contributed by atoms with Gasteiger partial charge in [0.15, 0.2) is 5.96 Å². The summed E-state index contributed by atoms with van der Waals surface area (Å²) < 4.78 is 0. The van der Waals surface area contributed by atoms with E-state index in [-0.39, 0.29) is 0 Å². The van der Waals surface area contributed by atoms with Crippen molar-refractivity contribution >= 4 is 5.96 Å². The molecule has 1 atom stereocenters. The van der Waals surface area contributed by atoms with Crippen molar-refractivity contribution in [2.75, 3.05) is 33.7 Å². The highest BCUT2D eigenvalue weighted by molar-refractivity contribution is 5.79. The summed E-state index contributed by atoms with van der Waals surface area (Å²) in [6, 6.07) is 0.515. The van der Waals surface area contributed by atoms with Gasteiger partial charge in [0, 0.05) is 19.1 Å². The number of likely N-dealkylation sites (N-methyl/N-ethyl adjacent to an activating group) is 1. The molecule has 0 aliphatic carbocycles. The molecule has 0 fully saturated rings. The van der Waals surface area contributed by atoms with E-state index in [1.165, 1.54) is 19.3 Å². The molecule has 0 amide bonds. The van der Waals surface area contributed by atoms with Crippen LogP contribution in [0, 0.1) is 5.92 Å². The molecule has 4 heteroatoms. The zero-order chi connectivity index (χ0) is 14.7. The zero-order valence-electron chi connectivity index (χ0n) is 13.8. The van der Waals surface area contributed by atoms with Crippen LogP contribution >= 0.6 is 0 Å². The molecule has 0 aromatic carbocycles. The van der Waals surface area contributed by atoms with Crippen molar-refractivity contribution in [3.05, 3.63) is 0 Å². The maximum absolute atomic E-state index is 4.71. The van der Waals surface area contributed by atoms with E-state index in [0.717, 1.165) is 25.6 Å². The number of rotatable bonds is 9. The second kappa shape index (κ2) is 11.1. The van der Waals surface area contributed by atoms with Crippen LogP contribution in [0.3, 0.4) is 0 Å². The molecule has 0 saturated heterocycles. The number of nitrogens with one attached hydrogen (secondary N) is 2. The second-order valence-electron chi connectivity index (χ2n) is 5.75. The third-order valence-electron chi connectivity index (χ3n) is 3.10. The van der Waals surface area contributed by atoms with Gasteiger partial charge in [-0.2, -0.15) is 0 Å². The van der Waals surface area contributed by atoms with Gasteiger partial charge < -0.3 is 15.5 Å². The molecule has 0 aromatic rings. The topological polar surface area (TPSA) is 39.7 Å². The molecule has 0 rings (SSSR count). The Bertz CT molecular complexity index is 236. The highest BCUT2D eigenvalue weighted by Crippen LogP contribution is 2.09. The number of unbranched alkanes of at least 4 members (excludes halogenated alkanes) is 1. The number of nitrogens with zero attached hydrogens (tertiary/aromatic N) is 2. The van der Waals surface area contributed by atoms with Crippen molar-refractivity contribution < 1.29 is 0 Å². The third kappa shape index (κ3) is 9.77. The summed E-state index contributed by atoms with van der Waals surface area (Å²) >= 11 is 0. The van der Waals surface area contributed by atoms with Crippen molar-refractivity contribution in [1.29, 1.82) is 0 Å². The van der Waals surface area contributed by atoms with Gasteiger partial charge in [-0.3, -0.25) is 4.99 Å². The molecule has 2 N–H and O–H groups in total. The van der Waals surface area contributed by atoms with Crippen molar-refractivity contribution in [3.8, 4) is 0 Å². The highest BCUT2D eigenvalue weighted by Gasteiger charge is 2.13. The van der Waals surface area contributed by atoms with Crippen LogP contribution in [0.5, 0.6) is 0 Å². The smallest absolute Gasteiger partial charge is 0.191 e. The summed E-state index contributed by atoms with van der Waals surface area (Å²) in [5.74, 6) is 1.66. The Hall–Kier alpha value is -0.770. The van der Waals surface area contributed by atoms with Crippen LogP contribution in [0.2, 0.25) is 0 Å². The zero-order valence-corrected chi connectivity index (χ0v) is 13.8. The van der Waals surface area contributed by atoms with E-state index in [9.17, 15) is 0 Å². The lowest BCUT2D eigenvalue weighted by Gasteiger charge is -2.24. The molecule has 0 spiro atoms. The Balaban J connectivity index is 4.36. The Morgan fingerprint density at radius 1 is 1.16 bits per heavy atom. The summed E-state index contributed by atoms with van der Waals surface area (Å²) in [5, 5.41) is 6.70. The predicted molar refractivity (Wildman–Crippen MR) is 85.8 cm³/mol. The van der Waals surface area contributed by atoms with E-state index >= 15 is 0 Å². The maximum atomic E-state index is 4.71. The lowest BCUT2D eigenvalue weighted by molar-refractivity contribution is 0.261. The van der Waals surface area contributed by atoms with Crippen LogP contribution < -0.4 is 10.6 Å². The van der Waals surface area contributed by atoms with Crippen LogP contribution in [0.15, 0.2) is 4.99 Å². The van der Waals surface area contributed by atoms with Crippen LogP contribution in [-0.4, -0.2) is 50.6 Å². The van der Waals surface area contributed by atoms with Gasteiger partial charge in [-0.1, -0.05) is 27.2 Å². The molecule has 19 heavy (non-hydrogen) atoms. The lowest BCUT2D eigenvalue weighted by Crippen LogP contribution is -2.39. The molecule has 0 aliphatic rings. The Morgan fingerprint density at radius 3 is 2.32 bits per heavy atom. The van der Waals surface area contributed by atoms with Gasteiger partial charge in [0.1, 0.15) is 0 Å². The van der Waals surface area contributed by atoms with Gasteiger partial charge in [0.2, 0.25) is 0 Å². The van der Waals surface area contributed by atoms with E-state index in [1.807, 2.05) is 0 Å². The largest absolute Gasteiger partial charge is 0.357 e. The second-order valence-corrected chi connectivity index (χ2v) is 5.75. The standard InChI is InChI=1S/C15H34N4/c1-7-9-10-17-15(16-8-2)18-12-14(19(5)6)11-13(3)4/h13-14H,7-12H2,1-6H3,(H2,16,17,18). The molecule has 114 valence electrons. The number of guanidine groups is 1. The molecular weight excluding hydrogens is 236 g/mol. The monoisotopic (exact) mass is 270 g/mol. The first-order chi connectivity index (χ1) is 9.01. The summed E-state index contributed by atoms with van der Waals surface area (Å²) in [6.07, 6.45) is 3.58. The fraction of sp³-hybridized carbons (Fsp3) is 0.933. The fourth-order valence-electron chi connectivity index (χ4n) is 1.91. The van der Waals surface area contributed by atoms with E-state index < -0.39 is 0 Å². The normalized spacial score (nSPS) is 14.0. The molecule has 0 aliphatic heterocycles. The van der Waals surface area contributed by atoms with Gasteiger partial charge in [-0.15, -0.1) is 0 Å². The Morgan fingerprint density at radius 2 is 1.84 bits per heavy atom. The minimum atomic E-state index is 0.515. The summed E-state index contributed by atoms with van der Waals surface area (Å²) in [6.45, 7) is 11.6. The van der Waals surface area contributed by atoms with Gasteiger partial charge in [-0.05, 0) is 39.8 Å². The molecule has 4 nitrogen and oxygen atoms in total. The van der Waals surface area contributed by atoms with E-state index in [4.69, 9.17) is 4.99 Å². The Labute approximate surface area is 120 Å². The van der Waals surface area contributed by atoms with Gasteiger partial charge in [0.25, 0.3) is 0 Å². The lowest BCUT2D eigenvalue weighted by atomic mass is 10.0. The molecule has 1 unspecified atom stereocenters. The van der Waals surface area contributed by atoms with Crippen molar-refractivity contribution in [2.24, 2.45) is 10.9 Å². The Kier molecular flexibility index (Phi) is 10.6. The highest BCUT2D eigenvalue weighted by atomic mass is 15.2. The first-order valence-corrected chi connectivity index (χ1v) is 7.69. The van der Waals surface area contributed by atoms with Gasteiger partial charge in [-0.25, -0.2) is 0 Å². The number of aliphatic imine (C=N–C) groups is 1. The molecule has 0 radical (unpaired) electrons. The third-order valence-corrected chi connectivity index (χ3v) is 3.10. The minimum absolute atomic E-state index is 0.515. The number of hydrogen-bond acceptors (Lipinski definition) is 2. The molecule has 0 heterocycles. The molecule has 0 bridgehead atoms. The van der Waals surface area contributed by atoms with Gasteiger partial charge >= 0.3 is 0 Å². The first kappa shape index (κ1) is 18.2. The van der Waals surface area contributed by atoms with Crippen LogP contribution in [-0.2, 0) is 0 Å². The summed E-state index contributed by atoms with van der Waals surface area (Å²) in [4.78, 5) is 6.99. The van der Waals surface area contributed by atoms with Crippen LogP contribution in [0.1, 0.15) is 47.0 Å². The minimum Gasteiger partial charge on any atom is -0.357 e. The van der Waals surface area contributed by atoms with E-state index in [0.29, 0.717) is 12.0 Å². The summed E-state index contributed by atoms with van der Waals surface area (Å²) in [5.41, 5.74) is 0. The van der Waals surface area contributed by atoms with Crippen molar-refractivity contribution in [2.45, 2.75) is 53.0 Å². The van der Waals surface area contributed by atoms with E-state index in [2.05, 4.69) is 57.3 Å². The molecule has 0 saturated carbocycles. The molecular formula is C15H34N4. The predicted octanol–water partition coefficient (Wildman–Crippen LogP) is 2.32. The summed E-state index contributed by atoms with van der Waals surface area (Å²) in [7, 11) is 4.28. The van der Waals surface area contributed by atoms with Crippen molar-refractivity contribution in [3.63, 3.8) is 0 Å². The van der Waals surface area contributed by atoms with Crippen LogP contribution in [0.4, 0.5) is 0 Å². The average Bonchev–Trinajstić information content (AvgIpc) is 2.33. The maximum Gasteiger partial charge on any atom is 0.191 e. The SMILES string of the molecule is CCCCNC(=NCC(CC(C)C)N(C)C)NCC. The molecule has 0 aromatic heterocycles. The van der Waals surface area contributed by atoms with Gasteiger partial charge in [0.05, 0.1) is 6.54 Å². The average molecular weight is 270 g/mol. The van der Waals surface area contributed by atoms with Crippen LogP contribution in [0.25, 0.3) is 0 Å². The van der Waals surface area contributed by atoms with E-state index in [1.54, 1.807) is 0 Å². The van der Waals surface area contributed by atoms with Crippen molar-refractivity contribution in [1.82, 2.24) is 15.5 Å². The fourth-order valence-corrected chi connectivity index (χ4v) is 1.91. The number of hydrogen-bond donors (Lipinski definition) is 2.